The Bertz CT molecular complexity index is 2480. The number of allylic oxidation sites excluding steroid dienone is 6. The summed E-state index contributed by atoms with van der Waals surface area (Å²) in [4.78, 5) is 4.70. The van der Waals surface area contributed by atoms with Gasteiger partial charge in [-0.2, -0.15) is 0 Å². The Hall–Kier alpha value is -7.88. The lowest BCUT2D eigenvalue weighted by atomic mass is 10.2. The first-order valence-corrected chi connectivity index (χ1v) is 24.3. The summed E-state index contributed by atoms with van der Waals surface area (Å²) in [5.41, 5.74) is 10.4. The lowest BCUT2D eigenvalue weighted by Crippen LogP contribution is -3.00. The highest BCUT2D eigenvalue weighted by Gasteiger charge is 2.09. The van der Waals surface area contributed by atoms with Gasteiger partial charge in [-0.05, 0) is 46.8 Å². The fraction of sp³-hybridized carbons (Fsp3) is 0.121. The van der Waals surface area contributed by atoms with Gasteiger partial charge in [0, 0.05) is 60.6 Å². The molecule has 0 unspecified atom stereocenters. The van der Waals surface area contributed by atoms with Crippen LogP contribution in [-0.2, 0) is 52.4 Å². The molecule has 6 N–H and O–H groups in total. The van der Waals surface area contributed by atoms with Crippen LogP contribution in [0, 0.1) is 0 Å². The van der Waals surface area contributed by atoms with E-state index in [-0.39, 0.29) is 41.2 Å². The van der Waals surface area contributed by atoms with E-state index in [1.807, 2.05) is 0 Å². The van der Waals surface area contributed by atoms with Gasteiger partial charge in [0.25, 0.3) is 0 Å². The average Bonchev–Trinajstić information content (AvgIpc) is 3.41. The summed E-state index contributed by atoms with van der Waals surface area (Å²) in [5, 5.41) is 0. The molecule has 0 saturated heterocycles. The van der Waals surface area contributed by atoms with Crippen LogP contribution in [0.25, 0.3) is 0 Å². The van der Waals surface area contributed by atoms with Crippen molar-refractivity contribution in [1.82, 2.24) is 9.80 Å². The van der Waals surface area contributed by atoms with E-state index in [0.29, 0.717) is 0 Å². The maximum absolute atomic E-state index is 2.35. The monoisotopic (exact) mass is 1040 g/mol. The van der Waals surface area contributed by atoms with E-state index in [0.717, 1.165) is 52.4 Å². The topological polar surface area (TPSA) is 107 Å². The van der Waals surface area contributed by atoms with Crippen LogP contribution >= 0.6 is 0 Å². The SMILES string of the molecule is C(=CC=[N+](Cc1ccccc1)Cc1ccccc1)C=CN(Cc1ccccc1)Cc1ccccc1.C(=CC=[N+](Cc1ccccc1)Cc1ccccc1)C=CN(Cc1ccccc1)Cc1ccccc1.O.O.O.[Cl-].[Cl-]. The zero-order chi connectivity index (χ0) is 47.9. The first-order valence-electron chi connectivity index (χ1n) is 24.3. The molecule has 0 bridgehead atoms. The minimum Gasteiger partial charge on any atom is -1.00 e. The standard InChI is InChI=1S/2C33H33N2.2ClH.3H2O/c2*1-6-16-30(17-7-1)26-34(27-31-18-8-2-9-19-31)24-14-5-15-25-35(28-32-20-10-3-11-21-32)29-33-22-12-4-13-23-33;;;;;/h2*1-25H,26-29H2;2*1H;3*1H2/q2*+1;;;;;/p-2. The van der Waals surface area contributed by atoms with Crippen molar-refractivity contribution in [3.05, 3.63) is 336 Å². The van der Waals surface area contributed by atoms with Gasteiger partial charge < -0.3 is 51.0 Å². The van der Waals surface area contributed by atoms with Crippen molar-refractivity contribution in [2.24, 2.45) is 0 Å². The van der Waals surface area contributed by atoms with Gasteiger partial charge in [-0.25, -0.2) is 9.15 Å². The maximum atomic E-state index is 2.35. The Balaban J connectivity index is 0.000000481. The van der Waals surface area contributed by atoms with Crippen molar-refractivity contribution in [2.45, 2.75) is 52.4 Å². The second-order valence-corrected chi connectivity index (χ2v) is 17.3. The second kappa shape index (κ2) is 37.8. The van der Waals surface area contributed by atoms with E-state index in [9.17, 15) is 0 Å². The molecule has 0 atom stereocenters. The Labute approximate surface area is 458 Å². The summed E-state index contributed by atoms with van der Waals surface area (Å²) < 4.78 is 4.70. The van der Waals surface area contributed by atoms with E-state index in [2.05, 4.69) is 323 Å². The molecule has 0 fully saturated rings. The summed E-state index contributed by atoms with van der Waals surface area (Å²) in [7, 11) is 0. The third-order valence-electron chi connectivity index (χ3n) is 11.5. The van der Waals surface area contributed by atoms with Gasteiger partial charge in [0.2, 0.25) is 0 Å². The van der Waals surface area contributed by atoms with E-state index in [1.165, 1.54) is 44.5 Å². The van der Waals surface area contributed by atoms with E-state index < -0.39 is 0 Å². The molecule has 0 saturated carbocycles. The molecule has 0 aromatic heterocycles. The Morgan fingerprint density at radius 3 is 0.627 bits per heavy atom. The smallest absolute Gasteiger partial charge is 0.168 e. The molecule has 0 heterocycles. The summed E-state index contributed by atoms with van der Waals surface area (Å²) in [6.45, 7) is 6.98. The molecule has 0 amide bonds. The highest BCUT2D eigenvalue weighted by atomic mass is 35.5. The van der Waals surface area contributed by atoms with Crippen molar-refractivity contribution in [2.75, 3.05) is 0 Å². The number of hydrogen-bond donors (Lipinski definition) is 0. The molecule has 9 heteroatoms. The first-order chi connectivity index (χ1) is 34.7. The average molecular weight is 1040 g/mol. The van der Waals surface area contributed by atoms with Crippen LogP contribution in [0.2, 0.25) is 0 Å². The van der Waals surface area contributed by atoms with E-state index in [4.69, 9.17) is 0 Å². The van der Waals surface area contributed by atoms with Gasteiger partial charge in [-0.15, -0.1) is 0 Å². The third kappa shape index (κ3) is 25.1. The lowest BCUT2D eigenvalue weighted by Gasteiger charge is -2.20. The summed E-state index contributed by atoms with van der Waals surface area (Å²) in [6.07, 6.45) is 21.5. The molecule has 0 spiro atoms. The molecule has 0 aliphatic carbocycles. The first kappa shape index (κ1) is 63.2. The molecule has 7 nitrogen and oxygen atoms in total. The van der Waals surface area contributed by atoms with Crippen LogP contribution < -0.4 is 24.8 Å². The molecule has 0 aliphatic heterocycles. The summed E-state index contributed by atoms with van der Waals surface area (Å²) >= 11 is 0. The fourth-order valence-corrected chi connectivity index (χ4v) is 8.00. The van der Waals surface area contributed by atoms with Gasteiger partial charge >= 0.3 is 0 Å². The van der Waals surface area contributed by atoms with E-state index >= 15 is 0 Å². The summed E-state index contributed by atoms with van der Waals surface area (Å²) in [6, 6.07) is 85.0. The van der Waals surface area contributed by atoms with Gasteiger partial charge in [0.1, 0.15) is 0 Å². The molecular formula is C66H72Cl2N4O3. The third-order valence-corrected chi connectivity index (χ3v) is 11.5. The lowest BCUT2D eigenvalue weighted by molar-refractivity contribution is -0.555. The zero-order valence-electron chi connectivity index (χ0n) is 42.6. The molecule has 388 valence electrons. The number of halogens is 2. The van der Waals surface area contributed by atoms with Crippen molar-refractivity contribution in [3.8, 4) is 0 Å². The largest absolute Gasteiger partial charge is 1.00 e. The molecule has 8 aromatic rings. The molecular weight excluding hydrogens is 968 g/mol. The number of hydrogen-bond acceptors (Lipinski definition) is 2. The van der Waals surface area contributed by atoms with Crippen molar-refractivity contribution in [3.63, 3.8) is 0 Å². The zero-order valence-corrected chi connectivity index (χ0v) is 44.1. The molecule has 8 rings (SSSR count). The van der Waals surface area contributed by atoms with Crippen LogP contribution in [0.4, 0.5) is 0 Å². The molecule has 0 aliphatic rings. The van der Waals surface area contributed by atoms with Crippen LogP contribution in [0.3, 0.4) is 0 Å². The highest BCUT2D eigenvalue weighted by molar-refractivity contribution is 5.67. The van der Waals surface area contributed by atoms with Crippen molar-refractivity contribution >= 4 is 12.4 Å². The molecule has 75 heavy (non-hydrogen) atoms. The van der Waals surface area contributed by atoms with Gasteiger partial charge in [-0.1, -0.05) is 255 Å². The van der Waals surface area contributed by atoms with Crippen LogP contribution in [-0.4, -0.2) is 47.8 Å². The number of rotatable bonds is 22. The minimum absolute atomic E-state index is 0. The van der Waals surface area contributed by atoms with Gasteiger partial charge in [0.15, 0.2) is 38.6 Å². The van der Waals surface area contributed by atoms with Crippen molar-refractivity contribution < 1.29 is 50.4 Å². The van der Waals surface area contributed by atoms with Gasteiger partial charge in [0.05, 0.1) is 0 Å². The Kier molecular flexibility index (Phi) is 31.9. The van der Waals surface area contributed by atoms with Gasteiger partial charge in [-0.3, -0.25) is 0 Å². The second-order valence-electron chi connectivity index (χ2n) is 17.3. The highest BCUT2D eigenvalue weighted by Crippen LogP contribution is 2.13. The quantitative estimate of drug-likeness (QED) is 0.0471. The normalized spacial score (nSPS) is 10.3. The predicted molar refractivity (Wildman–Crippen MR) is 305 cm³/mol. The molecule has 0 radical (unpaired) electrons. The minimum atomic E-state index is 0. The maximum Gasteiger partial charge on any atom is 0.168 e. The fourth-order valence-electron chi connectivity index (χ4n) is 8.00. The number of benzene rings is 8. The Morgan fingerprint density at radius 2 is 0.427 bits per heavy atom. The van der Waals surface area contributed by atoms with Crippen LogP contribution in [0.1, 0.15) is 44.5 Å². The molecule has 8 aromatic carbocycles. The number of nitrogens with zero attached hydrogens (tertiary/aromatic N) is 4. The Morgan fingerprint density at radius 1 is 0.240 bits per heavy atom. The van der Waals surface area contributed by atoms with Crippen LogP contribution in [0.15, 0.2) is 292 Å². The predicted octanol–water partition coefficient (Wildman–Crippen LogP) is 6.02. The summed E-state index contributed by atoms with van der Waals surface area (Å²) in [5.74, 6) is 0. The van der Waals surface area contributed by atoms with Crippen LogP contribution in [0.5, 0.6) is 0 Å². The van der Waals surface area contributed by atoms with Crippen molar-refractivity contribution in [1.29, 1.82) is 0 Å². The van der Waals surface area contributed by atoms with E-state index in [1.54, 1.807) is 0 Å².